The Labute approximate surface area is 256 Å². The average Bonchev–Trinajstić information content (AvgIpc) is 2.92. The predicted molar refractivity (Wildman–Crippen MR) is 156 cm³/mol. The van der Waals surface area contributed by atoms with Crippen LogP contribution in [-0.4, -0.2) is 93.9 Å². The molecule has 0 radical (unpaired) electrons. The summed E-state index contributed by atoms with van der Waals surface area (Å²) >= 11 is 0. The van der Waals surface area contributed by atoms with Gasteiger partial charge in [0, 0.05) is 40.0 Å². The molecule has 0 bridgehead atoms. The fraction of sp³-hybridized carbons (Fsp3) is 0.900. The van der Waals surface area contributed by atoms with Gasteiger partial charge in [0.2, 0.25) is 6.29 Å². The van der Waals surface area contributed by atoms with E-state index in [0.29, 0.717) is 19.3 Å². The van der Waals surface area contributed by atoms with Crippen LogP contribution in [0.4, 0.5) is 0 Å². The third-order valence-electron chi connectivity index (χ3n) is 8.70. The summed E-state index contributed by atoms with van der Waals surface area (Å²) in [5.74, 6) is -1.22. The van der Waals surface area contributed by atoms with Crippen LogP contribution in [-0.2, 0) is 56.7 Å². The van der Waals surface area contributed by atoms with Gasteiger partial charge in [-0.1, -0.05) is 20.8 Å². The summed E-state index contributed by atoms with van der Waals surface area (Å²) < 4.78 is 54.7. The molecule has 0 N–H and O–H groups in total. The van der Waals surface area contributed by atoms with Crippen molar-refractivity contribution >= 4 is 26.2 Å². The minimum absolute atomic E-state index is 0.269. The first-order valence-electron chi connectivity index (χ1n) is 15.8. The molecule has 0 saturated carbocycles. The molecule has 43 heavy (non-hydrogen) atoms. The van der Waals surface area contributed by atoms with E-state index in [2.05, 4.69) is 20.8 Å². The molecule has 12 nitrogen and oxygen atoms in total. The van der Waals surface area contributed by atoms with E-state index in [0.717, 1.165) is 18.1 Å². The molecule has 0 aromatic heterocycles. The molecule has 0 aromatic rings. The van der Waals surface area contributed by atoms with Crippen LogP contribution >= 0.6 is 0 Å². The van der Waals surface area contributed by atoms with Crippen molar-refractivity contribution < 1.29 is 56.7 Å². The molecule has 3 heterocycles. The number of hydrogen-bond acceptors (Lipinski definition) is 12. The van der Waals surface area contributed by atoms with Crippen LogP contribution in [0.5, 0.6) is 0 Å². The Morgan fingerprint density at radius 2 is 1.14 bits per heavy atom. The first-order chi connectivity index (χ1) is 20.3. The van der Waals surface area contributed by atoms with E-state index in [1.807, 2.05) is 20.8 Å². The molecule has 0 aromatic carbocycles. The van der Waals surface area contributed by atoms with E-state index in [4.69, 9.17) is 42.3 Å². The SMILES string of the molecule is CC[Si](CC)(CC)O[C@@H]1C[C@H](OC(C)=O)O[C@H](C)[C@H]1O[C@H]1C[C@@H](O[C@H]2CC[C@H](OC(C)=O)[C@H](C)O2)[C@H](OC(C)=O)[C@@H](C)O1. The van der Waals surface area contributed by atoms with Crippen molar-refractivity contribution in [1.82, 2.24) is 0 Å². The van der Waals surface area contributed by atoms with E-state index in [1.54, 1.807) is 0 Å². The lowest BCUT2D eigenvalue weighted by molar-refractivity contribution is -0.325. The molecule has 0 spiro atoms. The minimum atomic E-state index is -2.07. The average molecular weight is 633 g/mol. The molecular weight excluding hydrogens is 580 g/mol. The zero-order valence-corrected chi connectivity index (χ0v) is 28.2. The summed E-state index contributed by atoms with van der Waals surface area (Å²) in [5.41, 5.74) is 0. The van der Waals surface area contributed by atoms with Gasteiger partial charge in [0.25, 0.3) is 0 Å². The second-order valence-electron chi connectivity index (χ2n) is 11.9. The molecule has 0 unspecified atom stereocenters. The predicted octanol–water partition coefficient (Wildman–Crippen LogP) is 4.37. The lowest BCUT2D eigenvalue weighted by Gasteiger charge is -2.47. The summed E-state index contributed by atoms with van der Waals surface area (Å²) in [4.78, 5) is 35.2. The lowest BCUT2D eigenvalue weighted by atomic mass is 9.99. The maximum atomic E-state index is 12.0. The number of esters is 3. The maximum Gasteiger partial charge on any atom is 0.304 e. The largest absolute Gasteiger partial charge is 0.460 e. The van der Waals surface area contributed by atoms with E-state index < -0.39 is 69.6 Å². The zero-order chi connectivity index (χ0) is 31.9. The number of carbonyl (C=O) groups is 3. The van der Waals surface area contributed by atoms with Crippen LogP contribution in [0, 0.1) is 0 Å². The monoisotopic (exact) mass is 632 g/mol. The second-order valence-corrected chi connectivity index (χ2v) is 16.6. The van der Waals surface area contributed by atoms with Gasteiger partial charge in [0.15, 0.2) is 27.0 Å². The van der Waals surface area contributed by atoms with Crippen molar-refractivity contribution in [2.24, 2.45) is 0 Å². The quantitative estimate of drug-likeness (QED) is 0.172. The minimum Gasteiger partial charge on any atom is -0.460 e. The van der Waals surface area contributed by atoms with E-state index in [-0.39, 0.29) is 30.7 Å². The molecule has 3 aliphatic rings. The Kier molecular flexibility index (Phi) is 13.4. The van der Waals surface area contributed by atoms with Crippen LogP contribution in [0.3, 0.4) is 0 Å². The molecule has 0 amide bonds. The first kappa shape index (κ1) is 35.9. The van der Waals surface area contributed by atoms with Gasteiger partial charge in [-0.05, 0) is 45.3 Å². The summed E-state index contributed by atoms with van der Waals surface area (Å²) in [5, 5.41) is 0. The maximum absolute atomic E-state index is 12.0. The van der Waals surface area contributed by atoms with Crippen molar-refractivity contribution in [3.05, 3.63) is 0 Å². The first-order valence-corrected chi connectivity index (χ1v) is 18.3. The van der Waals surface area contributed by atoms with Crippen LogP contribution in [0.1, 0.15) is 88.0 Å². The molecule has 0 aliphatic carbocycles. The van der Waals surface area contributed by atoms with Crippen molar-refractivity contribution in [1.29, 1.82) is 0 Å². The second kappa shape index (κ2) is 16.1. The van der Waals surface area contributed by atoms with E-state index >= 15 is 0 Å². The third kappa shape index (κ3) is 9.94. The van der Waals surface area contributed by atoms with Gasteiger partial charge in [-0.15, -0.1) is 0 Å². The summed E-state index contributed by atoms with van der Waals surface area (Å²) in [6, 6.07) is 2.85. The smallest absolute Gasteiger partial charge is 0.304 e. The highest BCUT2D eigenvalue weighted by Gasteiger charge is 2.48. The van der Waals surface area contributed by atoms with Crippen molar-refractivity contribution in [3.63, 3.8) is 0 Å². The molecule has 13 heteroatoms. The Bertz CT molecular complexity index is 921. The third-order valence-corrected chi connectivity index (χ3v) is 13.4. The van der Waals surface area contributed by atoms with Crippen LogP contribution in [0.15, 0.2) is 0 Å². The summed E-state index contributed by atoms with van der Waals surface area (Å²) in [6.07, 6.45) is -4.15. The van der Waals surface area contributed by atoms with Crippen molar-refractivity contribution in [2.75, 3.05) is 0 Å². The molecule has 11 atom stereocenters. The Morgan fingerprint density at radius 1 is 0.605 bits per heavy atom. The fourth-order valence-corrected chi connectivity index (χ4v) is 9.12. The standard InChI is InChI=1S/C30H52O12Si/c1-10-43(11-2,12-3)42-25-16-27(38-21(8)32)35-19(6)30(25)41-28-15-24(29(18(5)36-28)39-22(9)33)40-26-14-13-23(17(4)34-26)37-20(7)31/h17-19,23-30H,10-16H2,1-9H3/t17-,18+,19+,23-,24+,25+,26-,27-,28-,29+,30+/m0/s1. The number of rotatable bonds is 12. The highest BCUT2D eigenvalue weighted by Crippen LogP contribution is 2.36. The number of ether oxygens (including phenoxy) is 8. The van der Waals surface area contributed by atoms with Crippen molar-refractivity contribution in [2.45, 2.75) is 174 Å². The van der Waals surface area contributed by atoms with Gasteiger partial charge in [-0.3, -0.25) is 14.4 Å². The molecule has 248 valence electrons. The lowest BCUT2D eigenvalue weighted by Crippen LogP contribution is -2.58. The Morgan fingerprint density at radius 3 is 1.70 bits per heavy atom. The van der Waals surface area contributed by atoms with Crippen LogP contribution in [0.25, 0.3) is 0 Å². The van der Waals surface area contributed by atoms with Crippen LogP contribution in [0.2, 0.25) is 18.1 Å². The van der Waals surface area contributed by atoms with E-state index in [1.165, 1.54) is 20.8 Å². The van der Waals surface area contributed by atoms with Crippen LogP contribution < -0.4 is 0 Å². The molecule has 3 fully saturated rings. The summed E-state index contributed by atoms with van der Waals surface area (Å²) in [7, 11) is -2.07. The van der Waals surface area contributed by atoms with Gasteiger partial charge in [0.1, 0.15) is 18.3 Å². The number of carbonyl (C=O) groups excluding carboxylic acids is 3. The van der Waals surface area contributed by atoms with Gasteiger partial charge in [0.05, 0.1) is 24.4 Å². The fourth-order valence-electron chi connectivity index (χ4n) is 6.24. The van der Waals surface area contributed by atoms with Gasteiger partial charge in [-0.2, -0.15) is 0 Å². The van der Waals surface area contributed by atoms with Gasteiger partial charge < -0.3 is 42.3 Å². The van der Waals surface area contributed by atoms with Crippen molar-refractivity contribution in [3.8, 4) is 0 Å². The highest BCUT2D eigenvalue weighted by atomic mass is 28.4. The van der Waals surface area contributed by atoms with E-state index in [9.17, 15) is 14.4 Å². The molecule has 3 aliphatic heterocycles. The molecule has 3 saturated heterocycles. The highest BCUT2D eigenvalue weighted by molar-refractivity contribution is 6.73. The number of hydrogen-bond donors (Lipinski definition) is 0. The Hall–Kier alpha value is -1.61. The van der Waals surface area contributed by atoms with Gasteiger partial charge in [-0.25, -0.2) is 0 Å². The normalized spacial score (nSPS) is 36.9. The Balaban J connectivity index is 1.77. The molecular formula is C30H52O12Si. The molecule has 3 rings (SSSR count). The zero-order valence-electron chi connectivity index (χ0n) is 27.2. The summed E-state index contributed by atoms with van der Waals surface area (Å²) in [6.45, 7) is 16.1. The van der Waals surface area contributed by atoms with Gasteiger partial charge >= 0.3 is 17.9 Å². The topological polar surface area (TPSA) is 134 Å².